The Morgan fingerprint density at radius 3 is 2.70 bits per heavy atom. The Labute approximate surface area is 166 Å². The van der Waals surface area contributed by atoms with Gasteiger partial charge in [-0.2, -0.15) is 0 Å². The fourth-order valence-electron chi connectivity index (χ4n) is 2.49. The molecule has 0 radical (unpaired) electrons. The Morgan fingerprint density at radius 1 is 1.22 bits per heavy atom. The molecule has 27 heavy (non-hydrogen) atoms. The van der Waals surface area contributed by atoms with Crippen molar-refractivity contribution in [1.29, 1.82) is 0 Å². The van der Waals surface area contributed by atoms with Gasteiger partial charge >= 0.3 is 5.97 Å². The molecule has 0 saturated heterocycles. The quantitative estimate of drug-likeness (QED) is 0.363. The van der Waals surface area contributed by atoms with Gasteiger partial charge in [0.15, 0.2) is 17.2 Å². The van der Waals surface area contributed by atoms with E-state index in [0.29, 0.717) is 35.1 Å². The van der Waals surface area contributed by atoms with E-state index in [1.54, 1.807) is 18.2 Å². The lowest BCUT2D eigenvalue weighted by atomic mass is 10.1. The van der Waals surface area contributed by atoms with Crippen LogP contribution in [0.4, 0.5) is 0 Å². The van der Waals surface area contributed by atoms with Gasteiger partial charge in [-0.1, -0.05) is 30.9 Å². The zero-order valence-corrected chi connectivity index (χ0v) is 16.4. The maximum absolute atomic E-state index is 12.2. The van der Waals surface area contributed by atoms with Crippen LogP contribution in [0, 0.1) is 0 Å². The fourth-order valence-corrected chi connectivity index (χ4v) is 3.06. The minimum atomic E-state index is -0.491. The third-order valence-electron chi connectivity index (χ3n) is 3.62. The van der Waals surface area contributed by atoms with Crippen molar-refractivity contribution in [3.8, 4) is 11.5 Å². The molecule has 1 aliphatic rings. The molecule has 0 fully saturated rings. The van der Waals surface area contributed by atoms with E-state index in [2.05, 4.69) is 27.5 Å². The van der Waals surface area contributed by atoms with E-state index < -0.39 is 5.97 Å². The van der Waals surface area contributed by atoms with Crippen LogP contribution in [-0.4, -0.2) is 25.1 Å². The summed E-state index contributed by atoms with van der Waals surface area (Å²) in [5.74, 6) is 0.956. The molecule has 3 rings (SSSR count). The second-order valence-electron chi connectivity index (χ2n) is 5.56. The summed E-state index contributed by atoms with van der Waals surface area (Å²) in [7, 11) is 0. The van der Waals surface area contributed by atoms with Crippen LogP contribution >= 0.6 is 15.9 Å². The molecule has 2 aromatic rings. The van der Waals surface area contributed by atoms with Crippen LogP contribution < -0.4 is 9.47 Å². The third kappa shape index (κ3) is 4.46. The average Bonchev–Trinajstić information content (AvgIpc) is 3.03. The number of hydrogen-bond donors (Lipinski definition) is 0. The fraction of sp³-hybridized carbons (Fsp3) is 0.143. The number of hydrogen-bond acceptors (Lipinski definition) is 5. The Balaban J connectivity index is 1.95. The predicted octanol–water partition coefficient (Wildman–Crippen LogP) is 4.76. The van der Waals surface area contributed by atoms with Gasteiger partial charge in [-0.05, 0) is 58.8 Å². The summed E-state index contributed by atoms with van der Waals surface area (Å²) >= 11 is 3.49. The van der Waals surface area contributed by atoms with Crippen LogP contribution in [0.25, 0.3) is 6.08 Å². The van der Waals surface area contributed by atoms with Gasteiger partial charge in [0, 0.05) is 5.56 Å². The summed E-state index contributed by atoms with van der Waals surface area (Å²) < 4.78 is 17.3. The number of rotatable bonds is 7. The number of nitrogens with zero attached hydrogens (tertiary/aromatic N) is 1. The van der Waals surface area contributed by atoms with Crippen molar-refractivity contribution in [1.82, 2.24) is 0 Å². The summed E-state index contributed by atoms with van der Waals surface area (Å²) in [6.45, 7) is 6.38. The standard InChI is InChI=1S/C21H18BrNO4/c1-3-10-26-19-16(22)11-14(13-18(19)25-4-2)12-17-21(24)27-20(23-17)15-8-6-5-7-9-15/h3,5-9,11-13H,1,4,10H2,2H3/b17-12-. The molecule has 0 aliphatic carbocycles. The van der Waals surface area contributed by atoms with Crippen LogP contribution in [0.15, 0.2) is 70.3 Å². The van der Waals surface area contributed by atoms with E-state index in [-0.39, 0.29) is 5.70 Å². The van der Waals surface area contributed by atoms with Crippen molar-refractivity contribution in [2.24, 2.45) is 4.99 Å². The van der Waals surface area contributed by atoms with Crippen molar-refractivity contribution in [3.05, 3.63) is 76.4 Å². The first-order valence-corrected chi connectivity index (χ1v) is 9.19. The van der Waals surface area contributed by atoms with Gasteiger partial charge in [0.05, 0.1) is 11.1 Å². The molecule has 0 saturated carbocycles. The number of aliphatic imine (C=N–C) groups is 1. The molecule has 0 N–H and O–H groups in total. The highest BCUT2D eigenvalue weighted by Crippen LogP contribution is 2.37. The molecule has 0 aromatic heterocycles. The maximum atomic E-state index is 12.2. The van der Waals surface area contributed by atoms with Crippen molar-refractivity contribution in [2.45, 2.75) is 6.92 Å². The Kier molecular flexibility index (Phi) is 6.08. The van der Waals surface area contributed by atoms with Crippen molar-refractivity contribution in [2.75, 3.05) is 13.2 Å². The van der Waals surface area contributed by atoms with E-state index in [0.717, 1.165) is 11.1 Å². The van der Waals surface area contributed by atoms with Crippen LogP contribution in [0.5, 0.6) is 11.5 Å². The molecular weight excluding hydrogens is 410 g/mol. The lowest BCUT2D eigenvalue weighted by molar-refractivity contribution is -0.129. The normalized spacial score (nSPS) is 14.7. The molecule has 5 nitrogen and oxygen atoms in total. The highest BCUT2D eigenvalue weighted by atomic mass is 79.9. The first-order valence-electron chi connectivity index (χ1n) is 8.40. The number of benzene rings is 2. The molecule has 1 aliphatic heterocycles. The van der Waals surface area contributed by atoms with Gasteiger partial charge in [0.2, 0.25) is 5.90 Å². The van der Waals surface area contributed by atoms with Crippen LogP contribution in [0.1, 0.15) is 18.1 Å². The number of esters is 1. The minimum Gasteiger partial charge on any atom is -0.490 e. The van der Waals surface area contributed by atoms with Crippen LogP contribution in [-0.2, 0) is 9.53 Å². The SMILES string of the molecule is C=CCOc1c(Br)cc(/C=C2\N=C(c3ccccc3)OC2=O)cc1OCC. The van der Waals surface area contributed by atoms with E-state index in [9.17, 15) is 4.79 Å². The highest BCUT2D eigenvalue weighted by Gasteiger charge is 2.24. The zero-order chi connectivity index (χ0) is 19.2. The Morgan fingerprint density at radius 2 is 2.00 bits per heavy atom. The summed E-state index contributed by atoms with van der Waals surface area (Å²) in [5.41, 5.74) is 1.71. The van der Waals surface area contributed by atoms with Crippen molar-refractivity contribution >= 4 is 33.9 Å². The molecule has 138 valence electrons. The largest absolute Gasteiger partial charge is 0.490 e. The van der Waals surface area contributed by atoms with Crippen molar-refractivity contribution in [3.63, 3.8) is 0 Å². The number of halogens is 1. The zero-order valence-electron chi connectivity index (χ0n) is 14.8. The lowest BCUT2D eigenvalue weighted by Gasteiger charge is -2.13. The van der Waals surface area contributed by atoms with E-state index in [1.165, 1.54) is 0 Å². The molecule has 6 heteroatoms. The molecule has 0 amide bonds. The smallest absolute Gasteiger partial charge is 0.363 e. The van der Waals surface area contributed by atoms with Gasteiger partial charge < -0.3 is 14.2 Å². The van der Waals surface area contributed by atoms with E-state index >= 15 is 0 Å². The molecule has 0 unspecified atom stereocenters. The molecule has 2 aromatic carbocycles. The first-order chi connectivity index (χ1) is 13.1. The van der Waals surface area contributed by atoms with Crippen LogP contribution in [0.2, 0.25) is 0 Å². The number of carbonyl (C=O) groups excluding carboxylic acids is 1. The number of carbonyl (C=O) groups is 1. The molecule has 0 spiro atoms. The second kappa shape index (κ2) is 8.68. The predicted molar refractivity (Wildman–Crippen MR) is 108 cm³/mol. The monoisotopic (exact) mass is 427 g/mol. The average molecular weight is 428 g/mol. The topological polar surface area (TPSA) is 57.1 Å². The molecule has 0 atom stereocenters. The summed E-state index contributed by atoms with van der Waals surface area (Å²) in [4.78, 5) is 16.5. The first kappa shape index (κ1) is 18.9. The maximum Gasteiger partial charge on any atom is 0.363 e. The van der Waals surface area contributed by atoms with Gasteiger partial charge in [0.1, 0.15) is 6.61 Å². The van der Waals surface area contributed by atoms with Gasteiger partial charge in [-0.15, -0.1) is 0 Å². The number of ether oxygens (including phenoxy) is 3. The minimum absolute atomic E-state index is 0.225. The summed E-state index contributed by atoms with van der Waals surface area (Å²) in [5, 5.41) is 0. The van der Waals surface area contributed by atoms with Gasteiger partial charge in [0.25, 0.3) is 0 Å². The summed E-state index contributed by atoms with van der Waals surface area (Å²) in [6, 6.07) is 12.9. The van der Waals surface area contributed by atoms with E-state index in [1.807, 2.05) is 43.3 Å². The van der Waals surface area contributed by atoms with Gasteiger partial charge in [-0.25, -0.2) is 9.79 Å². The van der Waals surface area contributed by atoms with Gasteiger partial charge in [-0.3, -0.25) is 0 Å². The summed E-state index contributed by atoms with van der Waals surface area (Å²) in [6.07, 6.45) is 3.31. The molecule has 0 bridgehead atoms. The highest BCUT2D eigenvalue weighted by molar-refractivity contribution is 9.10. The van der Waals surface area contributed by atoms with Crippen LogP contribution in [0.3, 0.4) is 0 Å². The molecule has 1 heterocycles. The lowest BCUT2D eigenvalue weighted by Crippen LogP contribution is -2.05. The molecular formula is C21H18BrNO4. The third-order valence-corrected chi connectivity index (χ3v) is 4.21. The Bertz CT molecular complexity index is 919. The van der Waals surface area contributed by atoms with Crippen molar-refractivity contribution < 1.29 is 19.0 Å². The Hall–Kier alpha value is -2.86. The van der Waals surface area contributed by atoms with E-state index in [4.69, 9.17) is 14.2 Å². The number of cyclic esters (lactones) is 1. The second-order valence-corrected chi connectivity index (χ2v) is 6.42.